The van der Waals surface area contributed by atoms with Gasteiger partial charge in [-0.3, -0.25) is 14.5 Å². The molecule has 1 aromatic heterocycles. The molecule has 1 saturated heterocycles. The van der Waals surface area contributed by atoms with Crippen molar-refractivity contribution >= 4 is 16.9 Å². The third-order valence-electron chi connectivity index (χ3n) is 6.09. The van der Waals surface area contributed by atoms with Gasteiger partial charge in [-0.15, -0.1) is 0 Å². The fourth-order valence-corrected chi connectivity index (χ4v) is 4.35. The van der Waals surface area contributed by atoms with E-state index in [-0.39, 0.29) is 11.5 Å². The molecular formula is C25H30N4O2. The van der Waals surface area contributed by atoms with E-state index in [1.165, 1.54) is 24.8 Å². The molecule has 0 saturated carbocycles. The first-order valence-corrected chi connectivity index (χ1v) is 11.2. The van der Waals surface area contributed by atoms with Crippen LogP contribution in [0.2, 0.25) is 0 Å². The van der Waals surface area contributed by atoms with Crippen LogP contribution in [-0.2, 0) is 19.6 Å². The molecule has 0 radical (unpaired) electrons. The van der Waals surface area contributed by atoms with Crippen molar-refractivity contribution in [2.24, 2.45) is 0 Å². The van der Waals surface area contributed by atoms with Crippen LogP contribution in [0, 0.1) is 6.92 Å². The van der Waals surface area contributed by atoms with Gasteiger partial charge in [-0.2, -0.15) is 0 Å². The number of piperidine rings is 1. The van der Waals surface area contributed by atoms with Gasteiger partial charge in [0.15, 0.2) is 0 Å². The van der Waals surface area contributed by atoms with Gasteiger partial charge in [0.1, 0.15) is 5.69 Å². The van der Waals surface area contributed by atoms with Gasteiger partial charge in [0.2, 0.25) is 0 Å². The molecule has 6 nitrogen and oxygen atoms in total. The Labute approximate surface area is 182 Å². The maximum Gasteiger partial charge on any atom is 0.272 e. The third-order valence-corrected chi connectivity index (χ3v) is 6.09. The monoisotopic (exact) mass is 418 g/mol. The molecule has 1 fully saturated rings. The van der Waals surface area contributed by atoms with Crippen LogP contribution in [-0.4, -0.2) is 33.4 Å². The van der Waals surface area contributed by atoms with E-state index < -0.39 is 0 Å². The van der Waals surface area contributed by atoms with Crippen molar-refractivity contribution in [1.29, 1.82) is 0 Å². The van der Waals surface area contributed by atoms with Gasteiger partial charge in [0.05, 0.1) is 11.0 Å². The molecule has 3 aromatic rings. The molecule has 1 aliphatic rings. The van der Waals surface area contributed by atoms with E-state index >= 15 is 0 Å². The van der Waals surface area contributed by atoms with Crippen LogP contribution in [0.25, 0.3) is 11.0 Å². The van der Waals surface area contributed by atoms with E-state index in [0.717, 1.165) is 30.7 Å². The molecule has 2 heterocycles. The largest absolute Gasteiger partial charge is 0.348 e. The van der Waals surface area contributed by atoms with Crippen LogP contribution >= 0.6 is 0 Å². The van der Waals surface area contributed by atoms with E-state index in [1.807, 2.05) is 19.1 Å². The number of aryl methyl sites for hydroxylation is 2. The summed E-state index contributed by atoms with van der Waals surface area (Å²) in [5, 5.41) is 3.06. The molecule has 1 amide bonds. The minimum Gasteiger partial charge on any atom is -0.348 e. The van der Waals surface area contributed by atoms with Gasteiger partial charge in [-0.05, 0) is 69.1 Å². The normalized spacial score (nSPS) is 14.6. The Hall–Kier alpha value is -2.99. The summed E-state index contributed by atoms with van der Waals surface area (Å²) in [6, 6.07) is 13.7. The van der Waals surface area contributed by atoms with Crippen molar-refractivity contribution in [1.82, 2.24) is 19.8 Å². The molecule has 0 spiro atoms. The third kappa shape index (κ3) is 4.69. The zero-order valence-electron chi connectivity index (χ0n) is 18.4. The first-order valence-electron chi connectivity index (χ1n) is 11.2. The highest BCUT2D eigenvalue weighted by atomic mass is 16.1. The van der Waals surface area contributed by atoms with Gasteiger partial charge in [0.25, 0.3) is 11.5 Å². The lowest BCUT2D eigenvalue weighted by atomic mass is 10.0. The summed E-state index contributed by atoms with van der Waals surface area (Å²) in [5.74, 6) is -0.136. The maximum atomic E-state index is 12.9. The Bertz CT molecular complexity index is 1150. The number of hydrogen-bond acceptors (Lipinski definition) is 4. The summed E-state index contributed by atoms with van der Waals surface area (Å²) in [4.78, 5) is 32.0. The molecular weight excluding hydrogens is 388 g/mol. The molecule has 0 unspecified atom stereocenters. The predicted molar refractivity (Wildman–Crippen MR) is 123 cm³/mol. The summed E-state index contributed by atoms with van der Waals surface area (Å²) in [6.45, 7) is 7.92. The number of hydrogen-bond donors (Lipinski definition) is 1. The van der Waals surface area contributed by atoms with Crippen molar-refractivity contribution < 1.29 is 4.79 Å². The van der Waals surface area contributed by atoms with Crippen LogP contribution in [0.4, 0.5) is 0 Å². The fourth-order valence-electron chi connectivity index (χ4n) is 4.35. The summed E-state index contributed by atoms with van der Waals surface area (Å²) < 4.78 is 1.69. The molecule has 162 valence electrons. The SMILES string of the molecule is CCn1c(=O)c(C)nc2cc(C(=O)NCc3ccccc3CN3CCCCC3)ccc21. The molecule has 0 atom stereocenters. The van der Waals surface area contributed by atoms with E-state index in [0.29, 0.717) is 29.9 Å². The number of fused-ring (bicyclic) bond motifs is 1. The lowest BCUT2D eigenvalue weighted by Gasteiger charge is -2.27. The van der Waals surface area contributed by atoms with Crippen LogP contribution < -0.4 is 10.9 Å². The lowest BCUT2D eigenvalue weighted by Crippen LogP contribution is -2.30. The van der Waals surface area contributed by atoms with Gasteiger partial charge in [-0.1, -0.05) is 30.7 Å². The second kappa shape index (κ2) is 9.43. The number of nitrogens with one attached hydrogen (secondary N) is 1. The lowest BCUT2D eigenvalue weighted by molar-refractivity contribution is 0.0951. The number of carbonyl (C=O) groups excluding carboxylic acids is 1. The molecule has 0 bridgehead atoms. The molecule has 2 aromatic carbocycles. The van der Waals surface area contributed by atoms with Crippen molar-refractivity contribution in [3.63, 3.8) is 0 Å². The number of nitrogens with zero attached hydrogens (tertiary/aromatic N) is 3. The Balaban J connectivity index is 1.50. The van der Waals surface area contributed by atoms with Gasteiger partial charge in [-0.25, -0.2) is 4.98 Å². The molecule has 6 heteroatoms. The average Bonchev–Trinajstić information content (AvgIpc) is 2.79. The van der Waals surface area contributed by atoms with Crippen molar-refractivity contribution in [3.8, 4) is 0 Å². The van der Waals surface area contributed by atoms with E-state index in [1.54, 1.807) is 23.6 Å². The predicted octanol–water partition coefficient (Wildman–Crippen LogP) is 3.64. The van der Waals surface area contributed by atoms with E-state index in [2.05, 4.69) is 33.4 Å². The maximum absolute atomic E-state index is 12.9. The average molecular weight is 419 g/mol. The van der Waals surface area contributed by atoms with Gasteiger partial charge < -0.3 is 9.88 Å². The van der Waals surface area contributed by atoms with Crippen LogP contribution in [0.15, 0.2) is 47.3 Å². The highest BCUT2D eigenvalue weighted by molar-refractivity contribution is 5.97. The van der Waals surface area contributed by atoms with Crippen molar-refractivity contribution in [2.45, 2.75) is 52.7 Å². The Morgan fingerprint density at radius 1 is 1.06 bits per heavy atom. The van der Waals surface area contributed by atoms with E-state index in [9.17, 15) is 9.59 Å². The molecule has 0 aliphatic carbocycles. The summed E-state index contributed by atoms with van der Waals surface area (Å²) in [7, 11) is 0. The molecule has 1 aliphatic heterocycles. The Kier molecular flexibility index (Phi) is 6.47. The quantitative estimate of drug-likeness (QED) is 0.664. The topological polar surface area (TPSA) is 67.2 Å². The molecule has 31 heavy (non-hydrogen) atoms. The Morgan fingerprint density at radius 2 is 1.81 bits per heavy atom. The number of likely N-dealkylation sites (tertiary alicyclic amines) is 1. The minimum absolute atomic E-state index is 0.0856. The number of amides is 1. The molecule has 4 rings (SSSR count). The van der Waals surface area contributed by atoms with Gasteiger partial charge in [0, 0.05) is 25.2 Å². The number of aromatic nitrogens is 2. The zero-order chi connectivity index (χ0) is 21.8. The highest BCUT2D eigenvalue weighted by Gasteiger charge is 2.14. The second-order valence-corrected chi connectivity index (χ2v) is 8.24. The van der Waals surface area contributed by atoms with Crippen molar-refractivity contribution in [3.05, 3.63) is 75.2 Å². The first kappa shape index (κ1) is 21.2. The van der Waals surface area contributed by atoms with Gasteiger partial charge >= 0.3 is 0 Å². The van der Waals surface area contributed by atoms with Crippen LogP contribution in [0.3, 0.4) is 0 Å². The number of benzene rings is 2. The van der Waals surface area contributed by atoms with E-state index in [4.69, 9.17) is 0 Å². The van der Waals surface area contributed by atoms with Crippen LogP contribution in [0.1, 0.15) is 53.4 Å². The highest BCUT2D eigenvalue weighted by Crippen LogP contribution is 2.17. The zero-order valence-corrected chi connectivity index (χ0v) is 18.4. The summed E-state index contributed by atoms with van der Waals surface area (Å²) in [6.07, 6.45) is 3.85. The number of carbonyl (C=O) groups is 1. The fraction of sp³-hybridized carbons (Fsp3) is 0.400. The second-order valence-electron chi connectivity index (χ2n) is 8.24. The summed E-state index contributed by atoms with van der Waals surface area (Å²) >= 11 is 0. The van der Waals surface area contributed by atoms with Crippen LogP contribution in [0.5, 0.6) is 0 Å². The minimum atomic E-state index is -0.136. The standard InChI is InChI=1S/C25H30N4O2/c1-3-29-23-12-11-19(15-22(23)27-18(2)25(29)31)24(30)26-16-20-9-5-6-10-21(20)17-28-13-7-4-8-14-28/h5-6,9-12,15H,3-4,7-8,13-14,16-17H2,1-2H3,(H,26,30). The smallest absolute Gasteiger partial charge is 0.272 e. The Morgan fingerprint density at radius 3 is 2.55 bits per heavy atom. The number of rotatable bonds is 6. The van der Waals surface area contributed by atoms with Crippen molar-refractivity contribution in [2.75, 3.05) is 13.1 Å². The molecule has 1 N–H and O–H groups in total. The first-order chi connectivity index (χ1) is 15.1. The summed E-state index contributed by atoms with van der Waals surface area (Å²) in [5.41, 5.74) is 4.74.